The molecule has 29 heavy (non-hydrogen) atoms. The van der Waals surface area contributed by atoms with Gasteiger partial charge in [0.1, 0.15) is 11.6 Å². The fourth-order valence-electron chi connectivity index (χ4n) is 2.57. The van der Waals surface area contributed by atoms with Gasteiger partial charge < -0.3 is 10.1 Å². The number of nitrogens with zero attached hydrogens (tertiary/aromatic N) is 1. The number of pyridine rings is 1. The topological polar surface area (TPSA) is 97.4 Å². The number of halogens is 1. The van der Waals surface area contributed by atoms with Gasteiger partial charge in [0.2, 0.25) is 0 Å². The second-order valence-electron chi connectivity index (χ2n) is 6.02. The molecular weight excluding hydrogens is 397 g/mol. The van der Waals surface area contributed by atoms with Crippen LogP contribution in [0.25, 0.3) is 0 Å². The number of ether oxygens (including phenoxy) is 1. The Morgan fingerprint density at radius 1 is 1.10 bits per heavy atom. The van der Waals surface area contributed by atoms with Crippen molar-refractivity contribution in [3.05, 3.63) is 83.9 Å². The van der Waals surface area contributed by atoms with Gasteiger partial charge in [0.15, 0.2) is 0 Å². The summed E-state index contributed by atoms with van der Waals surface area (Å²) >= 11 is 0. The molecule has 0 bridgehead atoms. The van der Waals surface area contributed by atoms with Crippen molar-refractivity contribution >= 4 is 21.6 Å². The molecule has 150 valence electrons. The van der Waals surface area contributed by atoms with Crippen molar-refractivity contribution in [1.29, 1.82) is 0 Å². The van der Waals surface area contributed by atoms with Gasteiger partial charge in [-0.25, -0.2) is 12.8 Å². The Hall–Kier alpha value is -3.46. The first-order valence-electron chi connectivity index (χ1n) is 8.52. The molecule has 0 saturated heterocycles. The minimum atomic E-state index is -3.94. The maximum Gasteiger partial charge on any atom is 0.261 e. The largest absolute Gasteiger partial charge is 0.496 e. The number of nitrogens with one attached hydrogen (secondary N) is 2. The third-order valence-corrected chi connectivity index (χ3v) is 5.41. The van der Waals surface area contributed by atoms with E-state index < -0.39 is 21.7 Å². The summed E-state index contributed by atoms with van der Waals surface area (Å²) in [6.07, 6.45) is 2.60. The minimum Gasteiger partial charge on any atom is -0.496 e. The van der Waals surface area contributed by atoms with E-state index in [1.165, 1.54) is 18.5 Å². The van der Waals surface area contributed by atoms with Crippen LogP contribution in [0.4, 0.5) is 10.1 Å². The summed E-state index contributed by atoms with van der Waals surface area (Å²) in [7, 11) is -2.40. The van der Waals surface area contributed by atoms with Gasteiger partial charge in [-0.05, 0) is 36.4 Å². The Morgan fingerprint density at radius 3 is 2.55 bits per heavy atom. The first-order valence-corrected chi connectivity index (χ1v) is 10.0. The molecule has 0 radical (unpaired) electrons. The summed E-state index contributed by atoms with van der Waals surface area (Å²) in [5.74, 6) is -0.322. The highest BCUT2D eigenvalue weighted by molar-refractivity contribution is 7.92. The fourth-order valence-corrected chi connectivity index (χ4v) is 3.61. The number of carbonyl (C=O) groups excluding carboxylic acids is 1. The summed E-state index contributed by atoms with van der Waals surface area (Å²) in [4.78, 5) is 16.2. The third-order valence-electron chi connectivity index (χ3n) is 4.01. The maximum atomic E-state index is 13.0. The van der Waals surface area contributed by atoms with Crippen LogP contribution in [0.2, 0.25) is 0 Å². The van der Waals surface area contributed by atoms with Crippen molar-refractivity contribution in [1.82, 2.24) is 10.3 Å². The quantitative estimate of drug-likeness (QED) is 0.618. The molecule has 7 nitrogen and oxygen atoms in total. The van der Waals surface area contributed by atoms with E-state index >= 15 is 0 Å². The average Bonchev–Trinajstić information content (AvgIpc) is 2.72. The standard InChI is InChI=1S/C20H18FN3O4S/c1-28-19-5-3-2-4-14(19)12-23-20(25)15-10-17(13-22-11-15)24-29(26,27)18-8-6-16(21)7-9-18/h2-11,13,24H,12H2,1H3,(H,23,25). The Bertz CT molecular complexity index is 1120. The molecule has 0 aliphatic carbocycles. The number of aromatic nitrogens is 1. The molecule has 3 aromatic rings. The second-order valence-corrected chi connectivity index (χ2v) is 7.70. The first kappa shape index (κ1) is 20.3. The van der Waals surface area contributed by atoms with Crippen LogP contribution in [0.15, 0.2) is 71.9 Å². The molecule has 1 aromatic heterocycles. The number of anilines is 1. The molecular formula is C20H18FN3O4S. The predicted molar refractivity (Wildman–Crippen MR) is 106 cm³/mol. The molecule has 9 heteroatoms. The van der Waals surface area contributed by atoms with Gasteiger partial charge in [0.25, 0.3) is 15.9 Å². The number of rotatable bonds is 7. The van der Waals surface area contributed by atoms with E-state index in [0.29, 0.717) is 5.75 Å². The summed E-state index contributed by atoms with van der Waals surface area (Å²) in [6.45, 7) is 0.231. The van der Waals surface area contributed by atoms with Crippen LogP contribution in [0, 0.1) is 5.82 Å². The summed E-state index contributed by atoms with van der Waals surface area (Å²) in [6, 6.07) is 13.0. The van der Waals surface area contributed by atoms with Crippen molar-refractivity contribution in [2.45, 2.75) is 11.4 Å². The van der Waals surface area contributed by atoms with Crippen molar-refractivity contribution in [2.75, 3.05) is 11.8 Å². The summed E-state index contributed by atoms with van der Waals surface area (Å²) < 4.78 is 45.4. The highest BCUT2D eigenvalue weighted by Gasteiger charge is 2.16. The van der Waals surface area contributed by atoms with E-state index in [1.807, 2.05) is 18.2 Å². The zero-order valence-corrected chi connectivity index (χ0v) is 16.2. The van der Waals surface area contributed by atoms with Crippen LogP contribution < -0.4 is 14.8 Å². The fraction of sp³-hybridized carbons (Fsp3) is 0.100. The zero-order valence-electron chi connectivity index (χ0n) is 15.4. The molecule has 3 rings (SSSR count). The highest BCUT2D eigenvalue weighted by atomic mass is 32.2. The van der Waals surface area contributed by atoms with Crippen molar-refractivity contribution in [3.8, 4) is 5.75 Å². The van der Waals surface area contributed by atoms with Crippen LogP contribution in [0.1, 0.15) is 15.9 Å². The SMILES string of the molecule is COc1ccccc1CNC(=O)c1cncc(NS(=O)(=O)c2ccc(F)cc2)c1. The Kier molecular flexibility index (Phi) is 6.08. The lowest BCUT2D eigenvalue weighted by molar-refractivity contribution is 0.0950. The molecule has 0 fully saturated rings. The number of carbonyl (C=O) groups is 1. The number of benzene rings is 2. The van der Waals surface area contributed by atoms with Crippen LogP contribution >= 0.6 is 0 Å². The first-order chi connectivity index (χ1) is 13.9. The number of amides is 1. The monoisotopic (exact) mass is 415 g/mol. The Morgan fingerprint density at radius 2 is 1.83 bits per heavy atom. The molecule has 0 aliphatic heterocycles. The van der Waals surface area contributed by atoms with Crippen molar-refractivity contribution in [2.24, 2.45) is 0 Å². The van der Waals surface area contributed by atoms with Gasteiger partial charge >= 0.3 is 0 Å². The van der Waals surface area contributed by atoms with Crippen molar-refractivity contribution < 1.29 is 22.3 Å². The summed E-state index contributed by atoms with van der Waals surface area (Å²) in [5, 5.41) is 2.74. The molecule has 0 spiro atoms. The minimum absolute atomic E-state index is 0.107. The molecule has 2 N–H and O–H groups in total. The van der Waals surface area contributed by atoms with Gasteiger partial charge in [-0.2, -0.15) is 0 Å². The van der Waals surface area contributed by atoms with E-state index in [2.05, 4.69) is 15.0 Å². The molecule has 0 saturated carbocycles. The molecule has 0 aliphatic rings. The molecule has 0 unspecified atom stereocenters. The number of methoxy groups -OCH3 is 1. The second kappa shape index (κ2) is 8.70. The Balaban J connectivity index is 1.71. The number of sulfonamides is 1. The van der Waals surface area contributed by atoms with Crippen LogP contribution in [0.5, 0.6) is 5.75 Å². The van der Waals surface area contributed by atoms with Crippen LogP contribution in [-0.4, -0.2) is 26.4 Å². The van der Waals surface area contributed by atoms with E-state index in [0.717, 1.165) is 29.8 Å². The van der Waals surface area contributed by atoms with Gasteiger partial charge in [0.05, 0.1) is 29.5 Å². The van der Waals surface area contributed by atoms with Gasteiger partial charge in [0, 0.05) is 18.3 Å². The van der Waals surface area contributed by atoms with Crippen LogP contribution in [-0.2, 0) is 16.6 Å². The van der Waals surface area contributed by atoms with E-state index in [4.69, 9.17) is 4.74 Å². The molecule has 0 atom stereocenters. The zero-order chi connectivity index (χ0) is 20.9. The lowest BCUT2D eigenvalue weighted by Gasteiger charge is -2.11. The van der Waals surface area contributed by atoms with E-state index in [-0.39, 0.29) is 22.7 Å². The van der Waals surface area contributed by atoms with E-state index in [9.17, 15) is 17.6 Å². The number of hydrogen-bond donors (Lipinski definition) is 2. The predicted octanol–water partition coefficient (Wildman–Crippen LogP) is 2.96. The number of hydrogen-bond acceptors (Lipinski definition) is 5. The lowest BCUT2D eigenvalue weighted by Crippen LogP contribution is -2.23. The number of para-hydroxylation sites is 1. The summed E-state index contributed by atoms with van der Waals surface area (Å²) in [5.41, 5.74) is 1.09. The average molecular weight is 415 g/mol. The van der Waals surface area contributed by atoms with Gasteiger partial charge in [-0.3, -0.25) is 14.5 Å². The maximum absolute atomic E-state index is 13.0. The third kappa shape index (κ3) is 5.08. The lowest BCUT2D eigenvalue weighted by atomic mass is 10.2. The van der Waals surface area contributed by atoms with Crippen LogP contribution in [0.3, 0.4) is 0 Å². The van der Waals surface area contributed by atoms with Crippen molar-refractivity contribution in [3.63, 3.8) is 0 Å². The van der Waals surface area contributed by atoms with Gasteiger partial charge in [-0.1, -0.05) is 18.2 Å². The Labute approximate surface area is 167 Å². The van der Waals surface area contributed by atoms with E-state index in [1.54, 1.807) is 13.2 Å². The molecule has 2 aromatic carbocycles. The molecule has 1 amide bonds. The smallest absolute Gasteiger partial charge is 0.261 e. The normalized spacial score (nSPS) is 11.0. The highest BCUT2D eigenvalue weighted by Crippen LogP contribution is 2.18. The molecule has 1 heterocycles. The van der Waals surface area contributed by atoms with Gasteiger partial charge in [-0.15, -0.1) is 0 Å².